The molecular weight excluding hydrogens is 377 g/mol. The third-order valence-electron chi connectivity index (χ3n) is 3.60. The molecule has 4 nitrogen and oxygen atoms in total. The Labute approximate surface area is 144 Å². The number of halogens is 1. The molecule has 0 amide bonds. The Morgan fingerprint density at radius 1 is 1.33 bits per heavy atom. The Morgan fingerprint density at radius 2 is 2.10 bits per heavy atom. The second-order valence-corrected chi connectivity index (χ2v) is 5.39. The third-order valence-corrected chi connectivity index (χ3v) is 3.60. The molecule has 0 unspecified atom stereocenters. The summed E-state index contributed by atoms with van der Waals surface area (Å²) in [7, 11) is 3.53. The summed E-state index contributed by atoms with van der Waals surface area (Å²) in [5, 5.41) is 6.72. The van der Waals surface area contributed by atoms with E-state index in [0.717, 1.165) is 37.1 Å². The van der Waals surface area contributed by atoms with Gasteiger partial charge in [-0.05, 0) is 43.7 Å². The van der Waals surface area contributed by atoms with Crippen molar-refractivity contribution >= 4 is 29.9 Å². The lowest BCUT2D eigenvalue weighted by atomic mass is 10.1. The van der Waals surface area contributed by atoms with Crippen molar-refractivity contribution in [2.75, 3.05) is 27.2 Å². The highest BCUT2D eigenvalue weighted by Crippen LogP contribution is 2.27. The molecular formula is C16H26IN3O. The number of methoxy groups -OCH3 is 1. The average molecular weight is 403 g/mol. The normalized spacial score (nSPS) is 14.3. The van der Waals surface area contributed by atoms with Gasteiger partial charge in [0.05, 0.1) is 7.11 Å². The minimum absolute atomic E-state index is 0. The van der Waals surface area contributed by atoms with Crippen LogP contribution in [-0.2, 0) is 6.42 Å². The maximum absolute atomic E-state index is 5.40. The van der Waals surface area contributed by atoms with Crippen molar-refractivity contribution in [3.05, 3.63) is 29.3 Å². The smallest absolute Gasteiger partial charge is 0.190 e. The van der Waals surface area contributed by atoms with E-state index in [0.29, 0.717) is 0 Å². The molecule has 0 saturated heterocycles. The van der Waals surface area contributed by atoms with Gasteiger partial charge in [0.1, 0.15) is 5.75 Å². The maximum atomic E-state index is 5.40. The first kappa shape index (κ1) is 18.1. The van der Waals surface area contributed by atoms with Crippen LogP contribution in [0.3, 0.4) is 0 Å². The molecule has 1 aliphatic carbocycles. The quantitative estimate of drug-likeness (QED) is 0.436. The van der Waals surface area contributed by atoms with Crippen LogP contribution < -0.4 is 15.4 Å². The molecule has 0 spiro atoms. The van der Waals surface area contributed by atoms with Gasteiger partial charge in [0, 0.05) is 20.1 Å². The lowest BCUT2D eigenvalue weighted by molar-refractivity contribution is 0.409. The van der Waals surface area contributed by atoms with Crippen molar-refractivity contribution in [1.82, 2.24) is 10.6 Å². The van der Waals surface area contributed by atoms with Crippen LogP contribution in [0.5, 0.6) is 5.75 Å². The van der Waals surface area contributed by atoms with Crippen molar-refractivity contribution in [1.29, 1.82) is 0 Å². The predicted octanol–water partition coefficient (Wildman–Crippen LogP) is 2.74. The second kappa shape index (κ2) is 9.12. The molecule has 0 aromatic heterocycles. The van der Waals surface area contributed by atoms with E-state index in [9.17, 15) is 0 Å². The highest BCUT2D eigenvalue weighted by Gasteiger charge is 2.20. The summed E-state index contributed by atoms with van der Waals surface area (Å²) < 4.78 is 5.40. The van der Waals surface area contributed by atoms with Gasteiger partial charge in [-0.3, -0.25) is 4.99 Å². The van der Waals surface area contributed by atoms with E-state index < -0.39 is 0 Å². The molecule has 21 heavy (non-hydrogen) atoms. The number of guanidine groups is 1. The molecule has 2 N–H and O–H groups in total. The number of rotatable bonds is 6. The zero-order valence-corrected chi connectivity index (χ0v) is 15.4. The average Bonchev–Trinajstić information content (AvgIpc) is 3.27. The fourth-order valence-corrected chi connectivity index (χ4v) is 2.20. The van der Waals surface area contributed by atoms with Gasteiger partial charge < -0.3 is 15.4 Å². The molecule has 0 radical (unpaired) electrons. The van der Waals surface area contributed by atoms with Crippen molar-refractivity contribution in [2.45, 2.75) is 26.2 Å². The monoisotopic (exact) mass is 403 g/mol. The SMILES string of the molecule is CN=C(NCCc1cc(C)ccc1OC)NCC1CC1.I. The van der Waals surface area contributed by atoms with Gasteiger partial charge in [0.2, 0.25) is 0 Å². The number of ether oxygens (including phenoxy) is 1. The topological polar surface area (TPSA) is 45.7 Å². The summed E-state index contributed by atoms with van der Waals surface area (Å²) in [5.41, 5.74) is 2.50. The first-order valence-corrected chi connectivity index (χ1v) is 7.31. The van der Waals surface area contributed by atoms with Crippen molar-refractivity contribution < 1.29 is 4.74 Å². The van der Waals surface area contributed by atoms with Gasteiger partial charge >= 0.3 is 0 Å². The van der Waals surface area contributed by atoms with Crippen LogP contribution in [0, 0.1) is 12.8 Å². The van der Waals surface area contributed by atoms with Gasteiger partial charge in [0.15, 0.2) is 5.96 Å². The van der Waals surface area contributed by atoms with E-state index in [2.05, 4.69) is 34.7 Å². The van der Waals surface area contributed by atoms with Gasteiger partial charge in [0.25, 0.3) is 0 Å². The molecule has 0 aliphatic heterocycles. The zero-order valence-electron chi connectivity index (χ0n) is 13.1. The standard InChI is InChI=1S/C16H25N3O.HI/c1-12-4-7-15(20-3)14(10-12)8-9-18-16(17-2)19-11-13-5-6-13;/h4,7,10,13H,5-6,8-9,11H2,1-3H3,(H2,17,18,19);1H. The van der Waals surface area contributed by atoms with Crippen LogP contribution in [0.4, 0.5) is 0 Å². The zero-order chi connectivity index (χ0) is 14.4. The van der Waals surface area contributed by atoms with E-state index >= 15 is 0 Å². The minimum atomic E-state index is 0. The van der Waals surface area contributed by atoms with Gasteiger partial charge in [-0.15, -0.1) is 24.0 Å². The predicted molar refractivity (Wildman–Crippen MR) is 98.9 cm³/mol. The van der Waals surface area contributed by atoms with Crippen molar-refractivity contribution in [2.24, 2.45) is 10.9 Å². The van der Waals surface area contributed by atoms with Crippen LogP contribution in [0.25, 0.3) is 0 Å². The number of aryl methyl sites for hydroxylation is 1. The highest BCUT2D eigenvalue weighted by atomic mass is 127. The fraction of sp³-hybridized carbons (Fsp3) is 0.562. The van der Waals surface area contributed by atoms with Crippen LogP contribution in [0.15, 0.2) is 23.2 Å². The number of nitrogens with zero attached hydrogens (tertiary/aromatic N) is 1. The number of nitrogens with one attached hydrogen (secondary N) is 2. The molecule has 0 bridgehead atoms. The Kier molecular flexibility index (Phi) is 7.85. The summed E-state index contributed by atoms with van der Waals surface area (Å²) in [4.78, 5) is 4.24. The highest BCUT2D eigenvalue weighted by molar-refractivity contribution is 14.0. The largest absolute Gasteiger partial charge is 0.496 e. The molecule has 1 saturated carbocycles. The second-order valence-electron chi connectivity index (χ2n) is 5.39. The third kappa shape index (κ3) is 6.11. The maximum Gasteiger partial charge on any atom is 0.190 e. The molecule has 0 atom stereocenters. The Bertz CT molecular complexity index is 473. The molecule has 2 rings (SSSR count). The van der Waals surface area contributed by atoms with Crippen molar-refractivity contribution in [3.8, 4) is 5.75 Å². The molecule has 118 valence electrons. The van der Waals surface area contributed by atoms with Crippen LogP contribution in [0.2, 0.25) is 0 Å². The summed E-state index contributed by atoms with van der Waals surface area (Å²) in [6.45, 7) is 3.99. The Balaban J connectivity index is 0.00000220. The summed E-state index contributed by atoms with van der Waals surface area (Å²) >= 11 is 0. The summed E-state index contributed by atoms with van der Waals surface area (Å²) in [5.74, 6) is 2.70. The minimum Gasteiger partial charge on any atom is -0.496 e. The van der Waals surface area contributed by atoms with E-state index in [-0.39, 0.29) is 24.0 Å². The van der Waals surface area contributed by atoms with Crippen LogP contribution >= 0.6 is 24.0 Å². The molecule has 1 aromatic rings. The number of benzene rings is 1. The van der Waals surface area contributed by atoms with E-state index in [1.807, 2.05) is 13.1 Å². The van der Waals surface area contributed by atoms with Gasteiger partial charge in [-0.25, -0.2) is 0 Å². The van der Waals surface area contributed by atoms with Crippen LogP contribution in [-0.4, -0.2) is 33.2 Å². The first-order chi connectivity index (χ1) is 9.72. The molecule has 1 fully saturated rings. The number of hydrogen-bond donors (Lipinski definition) is 2. The number of hydrogen-bond acceptors (Lipinski definition) is 2. The Morgan fingerprint density at radius 3 is 2.71 bits per heavy atom. The lowest BCUT2D eigenvalue weighted by Gasteiger charge is -2.13. The Hall–Kier alpha value is -0.980. The van der Waals surface area contributed by atoms with Gasteiger partial charge in [-0.2, -0.15) is 0 Å². The fourth-order valence-electron chi connectivity index (χ4n) is 2.20. The molecule has 1 aromatic carbocycles. The molecule has 5 heteroatoms. The molecule has 1 aliphatic rings. The molecule has 0 heterocycles. The van der Waals surface area contributed by atoms with Crippen LogP contribution in [0.1, 0.15) is 24.0 Å². The van der Waals surface area contributed by atoms with Crippen molar-refractivity contribution in [3.63, 3.8) is 0 Å². The van der Waals surface area contributed by atoms with Gasteiger partial charge in [-0.1, -0.05) is 17.7 Å². The summed E-state index contributed by atoms with van der Waals surface area (Å²) in [6.07, 6.45) is 3.63. The van der Waals surface area contributed by atoms with E-state index in [1.165, 1.54) is 24.0 Å². The lowest BCUT2D eigenvalue weighted by Crippen LogP contribution is -2.39. The summed E-state index contributed by atoms with van der Waals surface area (Å²) in [6, 6.07) is 6.29. The van der Waals surface area contributed by atoms with E-state index in [1.54, 1.807) is 7.11 Å². The number of aliphatic imine (C=N–C) groups is 1. The van der Waals surface area contributed by atoms with E-state index in [4.69, 9.17) is 4.74 Å². The first-order valence-electron chi connectivity index (χ1n) is 7.31.